The summed E-state index contributed by atoms with van der Waals surface area (Å²) in [5, 5.41) is 11.7. The minimum atomic E-state index is -4.80. The molecule has 12 heteroatoms. The maximum absolute atomic E-state index is 15.0. The third-order valence-corrected chi connectivity index (χ3v) is 8.10. The number of methoxy groups -OCH3 is 1. The number of nitrogens with one attached hydrogen (secondary N) is 1. The van der Waals surface area contributed by atoms with E-state index in [1.54, 1.807) is 26.8 Å². The van der Waals surface area contributed by atoms with Crippen molar-refractivity contribution in [2.45, 2.75) is 39.4 Å². The summed E-state index contributed by atoms with van der Waals surface area (Å²) >= 11 is 0. The molecule has 0 bridgehead atoms. The Labute approximate surface area is 205 Å². The lowest BCUT2D eigenvalue weighted by atomic mass is 9.90. The van der Waals surface area contributed by atoms with E-state index in [1.165, 1.54) is 49.1 Å². The van der Waals surface area contributed by atoms with Gasteiger partial charge in [0.25, 0.3) is 0 Å². The van der Waals surface area contributed by atoms with Crippen molar-refractivity contribution in [2.75, 3.05) is 18.2 Å². The number of aryl methyl sites for hydroxylation is 1. The van der Waals surface area contributed by atoms with Gasteiger partial charge in [0.1, 0.15) is 11.6 Å². The van der Waals surface area contributed by atoms with Gasteiger partial charge in [0, 0.05) is 23.2 Å². The summed E-state index contributed by atoms with van der Waals surface area (Å²) in [7, 11) is -2.36. The van der Waals surface area contributed by atoms with Gasteiger partial charge < -0.3 is 10.1 Å². The summed E-state index contributed by atoms with van der Waals surface area (Å²) in [6.45, 7) is 6.72. The lowest BCUT2D eigenvalue weighted by Gasteiger charge is -2.36. The molecule has 3 heterocycles. The third-order valence-electron chi connectivity index (χ3n) is 6.45. The van der Waals surface area contributed by atoms with Crippen LogP contribution in [0.1, 0.15) is 38.0 Å². The van der Waals surface area contributed by atoms with Crippen molar-refractivity contribution in [3.63, 3.8) is 0 Å². The third kappa shape index (κ3) is 3.38. The molecule has 1 aliphatic rings. The fourth-order valence-electron chi connectivity index (χ4n) is 4.85. The van der Waals surface area contributed by atoms with E-state index in [4.69, 9.17) is 4.74 Å². The fourth-order valence-corrected chi connectivity index (χ4v) is 5.83. The van der Waals surface area contributed by atoms with Crippen LogP contribution in [0.4, 0.5) is 18.9 Å². The monoisotopic (exact) mass is 519 g/mol. The van der Waals surface area contributed by atoms with Crippen molar-refractivity contribution >= 4 is 26.6 Å². The molecule has 1 aliphatic heterocycles. The lowest BCUT2D eigenvalue weighted by molar-refractivity contribution is -0.137. The van der Waals surface area contributed by atoms with Gasteiger partial charge in [0.05, 0.1) is 40.9 Å². The highest BCUT2D eigenvalue weighted by atomic mass is 32.2. The van der Waals surface area contributed by atoms with Crippen LogP contribution in [0.25, 0.3) is 27.7 Å². The molecule has 0 saturated heterocycles. The van der Waals surface area contributed by atoms with E-state index in [0.717, 1.165) is 3.97 Å². The quantitative estimate of drug-likeness (QED) is 0.404. The molecule has 4 aromatic rings. The molecule has 0 atom stereocenters. The standard InChI is InChI=1S/C24H24F3N5O3S/c1-6-36(33,34)31-11-10-14-15(8-7-9-17(14)31)19-18(35-5)12-16-21(20(19)24(25,26)27)32-13(2)29-30-22(32)23(3,4)28-16/h7-12,28H,6H2,1-5H3. The number of hydrogen-bond donors (Lipinski definition) is 1. The van der Waals surface area contributed by atoms with E-state index in [9.17, 15) is 21.6 Å². The number of aromatic nitrogens is 4. The maximum atomic E-state index is 15.0. The summed E-state index contributed by atoms with van der Waals surface area (Å²) in [6.07, 6.45) is -3.44. The number of alkyl halides is 3. The van der Waals surface area contributed by atoms with E-state index in [-0.39, 0.29) is 39.5 Å². The maximum Gasteiger partial charge on any atom is 0.419 e. The Hall–Kier alpha value is -3.54. The Balaban J connectivity index is 1.94. The molecular formula is C24H24F3N5O3S. The van der Waals surface area contributed by atoms with Gasteiger partial charge in [-0.2, -0.15) is 13.2 Å². The van der Waals surface area contributed by atoms with Gasteiger partial charge in [-0.15, -0.1) is 10.2 Å². The summed E-state index contributed by atoms with van der Waals surface area (Å²) in [5.41, 5.74) is -1.35. The zero-order valence-electron chi connectivity index (χ0n) is 20.2. The van der Waals surface area contributed by atoms with Crippen LogP contribution in [-0.4, -0.2) is 40.0 Å². The Bertz CT molecular complexity index is 1630. The topological polar surface area (TPSA) is 91.0 Å². The van der Waals surface area contributed by atoms with Gasteiger partial charge in [-0.1, -0.05) is 12.1 Å². The van der Waals surface area contributed by atoms with Crippen LogP contribution in [0.5, 0.6) is 5.75 Å². The largest absolute Gasteiger partial charge is 0.496 e. The molecule has 36 heavy (non-hydrogen) atoms. The minimum Gasteiger partial charge on any atom is -0.496 e. The zero-order valence-corrected chi connectivity index (χ0v) is 21.0. The van der Waals surface area contributed by atoms with Crippen molar-refractivity contribution < 1.29 is 26.3 Å². The van der Waals surface area contributed by atoms with E-state index < -0.39 is 27.3 Å². The zero-order chi connectivity index (χ0) is 26.2. The van der Waals surface area contributed by atoms with Gasteiger partial charge in [0.2, 0.25) is 10.0 Å². The predicted octanol–water partition coefficient (Wildman–Crippen LogP) is 5.08. The molecule has 0 amide bonds. The van der Waals surface area contributed by atoms with Gasteiger partial charge >= 0.3 is 6.18 Å². The molecule has 0 unspecified atom stereocenters. The first kappa shape index (κ1) is 24.2. The first-order valence-corrected chi connectivity index (χ1v) is 12.8. The number of hydrogen-bond acceptors (Lipinski definition) is 6. The molecule has 0 spiro atoms. The normalized spacial score (nSPS) is 14.9. The molecule has 8 nitrogen and oxygen atoms in total. The highest BCUT2D eigenvalue weighted by Crippen LogP contribution is 2.52. The fraction of sp³-hybridized carbons (Fsp3) is 0.333. The number of anilines is 1. The SMILES string of the molecule is CCS(=O)(=O)n1ccc2c(-c3c(OC)cc4c(c3C(F)(F)F)-n3c(C)nnc3C(C)(C)N4)cccc21. The molecular weight excluding hydrogens is 495 g/mol. The molecule has 1 N–H and O–H groups in total. The van der Waals surface area contributed by atoms with Crippen LogP contribution < -0.4 is 10.1 Å². The van der Waals surface area contributed by atoms with Crippen molar-refractivity contribution in [3.8, 4) is 22.6 Å². The Morgan fingerprint density at radius 3 is 2.53 bits per heavy atom. The van der Waals surface area contributed by atoms with Crippen LogP contribution in [-0.2, 0) is 21.7 Å². The van der Waals surface area contributed by atoms with E-state index in [0.29, 0.717) is 17.0 Å². The van der Waals surface area contributed by atoms with Crippen molar-refractivity contribution in [1.82, 2.24) is 18.7 Å². The van der Waals surface area contributed by atoms with Crippen LogP contribution in [0, 0.1) is 6.92 Å². The highest BCUT2D eigenvalue weighted by Gasteiger charge is 2.45. The molecule has 190 valence electrons. The lowest BCUT2D eigenvalue weighted by Crippen LogP contribution is -2.37. The van der Waals surface area contributed by atoms with Gasteiger partial charge in [-0.25, -0.2) is 12.4 Å². The number of rotatable bonds is 4. The number of benzene rings is 2. The van der Waals surface area contributed by atoms with Gasteiger partial charge in [-0.05, 0) is 45.4 Å². The van der Waals surface area contributed by atoms with Gasteiger partial charge in [-0.3, -0.25) is 4.57 Å². The number of halogens is 3. The van der Waals surface area contributed by atoms with Crippen LogP contribution >= 0.6 is 0 Å². The Kier molecular flexibility index (Phi) is 5.19. The molecule has 0 fully saturated rings. The first-order chi connectivity index (χ1) is 16.8. The molecule has 0 radical (unpaired) electrons. The second-order valence-corrected chi connectivity index (χ2v) is 11.3. The Morgan fingerprint density at radius 2 is 1.89 bits per heavy atom. The number of nitrogens with zero attached hydrogens (tertiary/aromatic N) is 4. The van der Waals surface area contributed by atoms with Crippen LogP contribution in [0.15, 0.2) is 36.5 Å². The first-order valence-electron chi connectivity index (χ1n) is 11.2. The summed E-state index contributed by atoms with van der Waals surface area (Å²) in [6, 6.07) is 7.67. The van der Waals surface area contributed by atoms with Crippen LogP contribution in [0.2, 0.25) is 0 Å². The molecule has 2 aromatic carbocycles. The predicted molar refractivity (Wildman–Crippen MR) is 130 cm³/mol. The number of ether oxygens (including phenoxy) is 1. The molecule has 2 aromatic heterocycles. The summed E-state index contributed by atoms with van der Waals surface area (Å²) < 4.78 is 78.2. The number of fused-ring (bicyclic) bond motifs is 4. The minimum absolute atomic E-state index is 0.00264. The second-order valence-electron chi connectivity index (χ2n) is 9.13. The van der Waals surface area contributed by atoms with Crippen molar-refractivity contribution in [2.24, 2.45) is 0 Å². The van der Waals surface area contributed by atoms with E-state index >= 15 is 0 Å². The summed E-state index contributed by atoms with van der Waals surface area (Å²) in [4.78, 5) is 0. The average molecular weight is 520 g/mol. The van der Waals surface area contributed by atoms with E-state index in [1.807, 2.05) is 0 Å². The van der Waals surface area contributed by atoms with Crippen molar-refractivity contribution in [1.29, 1.82) is 0 Å². The molecule has 5 rings (SSSR count). The highest BCUT2D eigenvalue weighted by molar-refractivity contribution is 7.90. The van der Waals surface area contributed by atoms with Gasteiger partial charge in [0.15, 0.2) is 5.82 Å². The molecule has 0 aliphatic carbocycles. The van der Waals surface area contributed by atoms with E-state index in [2.05, 4.69) is 15.5 Å². The van der Waals surface area contributed by atoms with Crippen molar-refractivity contribution in [3.05, 3.63) is 53.7 Å². The average Bonchev–Trinajstić information content (AvgIpc) is 3.42. The molecule has 0 saturated carbocycles. The van der Waals surface area contributed by atoms with Crippen LogP contribution in [0.3, 0.4) is 0 Å². The summed E-state index contributed by atoms with van der Waals surface area (Å²) in [5.74, 6) is 0.485. The second kappa shape index (κ2) is 7.73. The smallest absolute Gasteiger partial charge is 0.419 e. The Morgan fingerprint density at radius 1 is 1.17 bits per heavy atom.